The van der Waals surface area contributed by atoms with Gasteiger partial charge in [-0.25, -0.2) is 4.39 Å². The molecule has 4 fully saturated rings. The molecule has 1 spiro atoms. The van der Waals surface area contributed by atoms with Crippen molar-refractivity contribution >= 4 is 6.29 Å². The van der Waals surface area contributed by atoms with Crippen LogP contribution in [0.25, 0.3) is 0 Å². The van der Waals surface area contributed by atoms with Crippen LogP contribution in [0.1, 0.15) is 31.2 Å². The minimum atomic E-state index is -0.219. The standard InChI is InChI=1S/C18H19FO2.CH4O/c19-12-3-1-11(2-4-12)17(5-6-20)14-7-10-9-18(14)13(16(10)21)8-15(17)18;1-2/h1-4,6,10,13-16,21H,5,7-9H2;2H,1H3/t10?,13?,14?,15?,16-,17?,18?;/m1./s1. The first kappa shape index (κ1) is 15.3. The number of hydrogen-bond donors (Lipinski definition) is 2. The van der Waals surface area contributed by atoms with Gasteiger partial charge in [0, 0.05) is 18.9 Å². The molecule has 2 bridgehead atoms. The lowest BCUT2D eigenvalue weighted by Gasteiger charge is -2.77. The summed E-state index contributed by atoms with van der Waals surface area (Å²) in [6.45, 7) is 0. The summed E-state index contributed by atoms with van der Waals surface area (Å²) in [5.41, 5.74) is 1.36. The Bertz CT molecular complexity index is 630. The van der Waals surface area contributed by atoms with Gasteiger partial charge < -0.3 is 15.0 Å². The van der Waals surface area contributed by atoms with Gasteiger partial charge in [-0.15, -0.1) is 0 Å². The highest BCUT2D eigenvalue weighted by molar-refractivity contribution is 5.58. The Hall–Kier alpha value is -1.26. The molecule has 1 aromatic rings. The molecular formula is C19H23FO3. The molecule has 7 atom stereocenters. The van der Waals surface area contributed by atoms with Gasteiger partial charge in [0.15, 0.2) is 0 Å². The van der Waals surface area contributed by atoms with Gasteiger partial charge in [0.1, 0.15) is 12.1 Å². The number of rotatable bonds is 3. The molecule has 0 amide bonds. The number of aliphatic hydroxyl groups is 2. The molecule has 2 N–H and O–H groups in total. The average molecular weight is 318 g/mol. The van der Waals surface area contributed by atoms with Crippen molar-refractivity contribution in [1.82, 2.24) is 0 Å². The fourth-order valence-corrected chi connectivity index (χ4v) is 7.06. The van der Waals surface area contributed by atoms with E-state index in [-0.39, 0.29) is 17.3 Å². The van der Waals surface area contributed by atoms with E-state index in [1.54, 1.807) is 0 Å². The van der Waals surface area contributed by atoms with Crippen molar-refractivity contribution < 1.29 is 19.4 Å². The fourth-order valence-electron chi connectivity index (χ4n) is 7.06. The average Bonchev–Trinajstić information content (AvgIpc) is 3.05. The van der Waals surface area contributed by atoms with Gasteiger partial charge in [-0.3, -0.25) is 0 Å². The second-order valence-electron chi connectivity index (χ2n) is 7.67. The number of aliphatic hydroxyl groups excluding tert-OH is 2. The summed E-state index contributed by atoms with van der Waals surface area (Å²) < 4.78 is 13.3. The fraction of sp³-hybridized carbons (Fsp3) is 0.632. The van der Waals surface area contributed by atoms with E-state index in [1.807, 2.05) is 12.1 Å². The Morgan fingerprint density at radius 1 is 1.22 bits per heavy atom. The van der Waals surface area contributed by atoms with Gasteiger partial charge in [-0.05, 0) is 66.0 Å². The molecule has 0 aliphatic heterocycles. The molecule has 124 valence electrons. The van der Waals surface area contributed by atoms with Gasteiger partial charge in [0.05, 0.1) is 6.10 Å². The second-order valence-corrected chi connectivity index (χ2v) is 7.67. The highest BCUT2D eigenvalue weighted by Crippen LogP contribution is 2.87. The summed E-state index contributed by atoms with van der Waals surface area (Å²) in [7, 11) is 1.00. The quantitative estimate of drug-likeness (QED) is 0.841. The largest absolute Gasteiger partial charge is 0.400 e. The second kappa shape index (κ2) is 4.87. The molecule has 6 unspecified atom stereocenters. The summed E-state index contributed by atoms with van der Waals surface area (Å²) in [4.78, 5) is 11.3. The van der Waals surface area contributed by atoms with E-state index in [0.29, 0.717) is 35.5 Å². The third-order valence-corrected chi connectivity index (χ3v) is 7.57. The van der Waals surface area contributed by atoms with Crippen LogP contribution in [0.15, 0.2) is 24.3 Å². The normalized spacial score (nSPS) is 47.7. The van der Waals surface area contributed by atoms with Gasteiger partial charge >= 0.3 is 0 Å². The maximum atomic E-state index is 13.3. The first-order chi connectivity index (χ1) is 11.1. The number of carbonyl (C=O) groups is 1. The third-order valence-electron chi connectivity index (χ3n) is 7.57. The molecule has 1 aromatic carbocycles. The summed E-state index contributed by atoms with van der Waals surface area (Å²) in [6.07, 6.45) is 4.71. The Morgan fingerprint density at radius 3 is 2.48 bits per heavy atom. The Kier molecular flexibility index (Phi) is 3.23. The number of carbonyl (C=O) groups excluding carboxylic acids is 1. The number of hydrogen-bond acceptors (Lipinski definition) is 3. The zero-order valence-corrected chi connectivity index (χ0v) is 13.3. The third kappa shape index (κ3) is 1.50. The Labute approximate surface area is 135 Å². The summed E-state index contributed by atoms with van der Waals surface area (Å²) >= 11 is 0. The van der Waals surface area contributed by atoms with Crippen LogP contribution in [0, 0.1) is 34.9 Å². The van der Waals surface area contributed by atoms with Crippen LogP contribution in [-0.4, -0.2) is 29.7 Å². The zero-order valence-electron chi connectivity index (χ0n) is 13.3. The first-order valence-electron chi connectivity index (χ1n) is 8.47. The van der Waals surface area contributed by atoms with Crippen molar-refractivity contribution in [3.8, 4) is 0 Å². The first-order valence-corrected chi connectivity index (χ1v) is 8.47. The zero-order chi connectivity index (χ0) is 16.4. The predicted octanol–water partition coefficient (Wildman–Crippen LogP) is 2.30. The molecule has 0 aromatic heterocycles. The van der Waals surface area contributed by atoms with Gasteiger partial charge in [0.2, 0.25) is 0 Å². The number of benzene rings is 1. The molecule has 5 rings (SSSR count). The van der Waals surface area contributed by atoms with Crippen molar-refractivity contribution in [1.29, 1.82) is 0 Å². The van der Waals surface area contributed by atoms with Crippen LogP contribution in [-0.2, 0) is 10.2 Å². The van der Waals surface area contributed by atoms with Crippen LogP contribution >= 0.6 is 0 Å². The maximum Gasteiger partial charge on any atom is 0.123 e. The summed E-state index contributed by atoms with van der Waals surface area (Å²) in [5.74, 6) is 1.70. The highest BCUT2D eigenvalue weighted by Gasteiger charge is 2.84. The van der Waals surface area contributed by atoms with Crippen molar-refractivity contribution in [3.63, 3.8) is 0 Å². The van der Waals surface area contributed by atoms with E-state index in [0.717, 1.165) is 38.2 Å². The van der Waals surface area contributed by atoms with Crippen molar-refractivity contribution in [2.24, 2.45) is 29.1 Å². The minimum Gasteiger partial charge on any atom is -0.400 e. The molecule has 3 nitrogen and oxygen atoms in total. The minimum absolute atomic E-state index is 0.0825. The van der Waals surface area contributed by atoms with Gasteiger partial charge in [0.25, 0.3) is 0 Å². The van der Waals surface area contributed by atoms with Crippen molar-refractivity contribution in [3.05, 3.63) is 35.6 Å². The molecular weight excluding hydrogens is 295 g/mol. The molecule has 4 aliphatic carbocycles. The van der Waals surface area contributed by atoms with E-state index in [2.05, 4.69) is 0 Å². The van der Waals surface area contributed by atoms with Crippen LogP contribution in [0.5, 0.6) is 0 Å². The lowest BCUT2D eigenvalue weighted by atomic mass is 9.26. The Morgan fingerprint density at radius 2 is 1.87 bits per heavy atom. The van der Waals surface area contributed by atoms with Crippen LogP contribution in [0.3, 0.4) is 0 Å². The summed E-state index contributed by atoms with van der Waals surface area (Å²) in [6, 6.07) is 6.79. The van der Waals surface area contributed by atoms with E-state index < -0.39 is 0 Å². The molecule has 4 aliphatic rings. The highest BCUT2D eigenvalue weighted by atomic mass is 19.1. The van der Waals surface area contributed by atoms with E-state index in [1.165, 1.54) is 12.1 Å². The number of halogens is 1. The molecule has 0 heterocycles. The van der Waals surface area contributed by atoms with E-state index >= 15 is 0 Å². The summed E-state index contributed by atoms with van der Waals surface area (Å²) in [5, 5.41) is 17.3. The molecule has 0 radical (unpaired) electrons. The lowest BCUT2D eigenvalue weighted by molar-refractivity contribution is -0.269. The molecule has 0 saturated heterocycles. The smallest absolute Gasteiger partial charge is 0.123 e. The maximum absolute atomic E-state index is 13.3. The van der Waals surface area contributed by atoms with Crippen molar-refractivity contribution in [2.75, 3.05) is 7.11 Å². The number of fused-ring (bicyclic) bond motifs is 1. The SMILES string of the molecule is CO.O=CCC1(c2ccc(F)cc2)C2CC3CC24C(CC14)[C@@H]3O. The molecule has 4 saturated carbocycles. The topological polar surface area (TPSA) is 57.5 Å². The van der Waals surface area contributed by atoms with Crippen LogP contribution in [0.2, 0.25) is 0 Å². The molecule has 4 heteroatoms. The Balaban J connectivity index is 0.000000652. The number of aldehydes is 1. The predicted molar refractivity (Wildman–Crippen MR) is 83.2 cm³/mol. The van der Waals surface area contributed by atoms with Crippen molar-refractivity contribution in [2.45, 2.75) is 37.2 Å². The van der Waals surface area contributed by atoms with Gasteiger partial charge in [-0.1, -0.05) is 12.1 Å². The lowest BCUT2D eigenvalue weighted by Crippen LogP contribution is -2.75. The van der Waals surface area contributed by atoms with Gasteiger partial charge in [-0.2, -0.15) is 0 Å². The van der Waals surface area contributed by atoms with E-state index in [9.17, 15) is 14.3 Å². The monoisotopic (exact) mass is 318 g/mol. The van der Waals surface area contributed by atoms with Crippen LogP contribution < -0.4 is 0 Å². The van der Waals surface area contributed by atoms with Crippen LogP contribution in [0.4, 0.5) is 4.39 Å². The molecule has 23 heavy (non-hydrogen) atoms. The van der Waals surface area contributed by atoms with E-state index in [4.69, 9.17) is 5.11 Å².